The van der Waals surface area contributed by atoms with E-state index in [-0.39, 0.29) is 0 Å². The topological polar surface area (TPSA) is 17.1 Å². The van der Waals surface area contributed by atoms with Crippen molar-refractivity contribution in [1.29, 1.82) is 0 Å². The molecular weight excluding hydrogens is 395 g/mol. The van der Waals surface area contributed by atoms with Crippen LogP contribution < -0.4 is 0 Å². The van der Waals surface area contributed by atoms with Crippen molar-refractivity contribution in [1.82, 2.24) is 0 Å². The largest absolute Gasteiger partial charge is 0.460 e. The normalized spacial score (nSPS) is 21.8. The predicted octanol–water partition coefficient (Wildman–Crippen LogP) is 5.09. The molecule has 0 spiro atoms. The molecule has 25 heavy (non-hydrogen) atoms. The third kappa shape index (κ3) is 2.75. The van der Waals surface area contributed by atoms with Crippen LogP contribution in [0.1, 0.15) is 19.3 Å². The van der Waals surface area contributed by atoms with E-state index in [0.717, 1.165) is 0 Å². The first-order valence-corrected chi connectivity index (χ1v) is 6.25. The third-order valence-corrected chi connectivity index (χ3v) is 3.70. The van der Waals surface area contributed by atoms with E-state index in [9.17, 15) is 61.9 Å². The summed E-state index contributed by atoms with van der Waals surface area (Å²) in [6.45, 7) is 0. The van der Waals surface area contributed by atoms with Crippen molar-refractivity contribution >= 4 is 5.78 Å². The molecule has 0 saturated heterocycles. The first-order valence-electron chi connectivity index (χ1n) is 6.25. The maximum absolute atomic E-state index is 13.6. The van der Waals surface area contributed by atoms with E-state index in [1.165, 1.54) is 0 Å². The van der Waals surface area contributed by atoms with E-state index in [1.807, 2.05) is 0 Å². The zero-order valence-corrected chi connectivity index (χ0v) is 11.5. The summed E-state index contributed by atoms with van der Waals surface area (Å²) in [4.78, 5) is 11.0. The fourth-order valence-corrected chi connectivity index (χ4v) is 2.20. The minimum absolute atomic E-state index is 0.504. The highest BCUT2D eigenvalue weighted by molar-refractivity contribution is 5.84. The highest BCUT2D eigenvalue weighted by atomic mass is 19.4. The van der Waals surface area contributed by atoms with E-state index in [0.29, 0.717) is 0 Å². The van der Waals surface area contributed by atoms with E-state index in [1.54, 1.807) is 0 Å². The lowest BCUT2D eigenvalue weighted by atomic mass is 9.86. The maximum Gasteiger partial charge on any atom is 0.460 e. The summed E-state index contributed by atoms with van der Waals surface area (Å²) >= 11 is 0. The Balaban J connectivity index is 3.45. The average Bonchev–Trinajstić information content (AvgIpc) is 2.83. The van der Waals surface area contributed by atoms with Crippen LogP contribution in [-0.2, 0) is 4.79 Å². The van der Waals surface area contributed by atoms with Crippen LogP contribution in [0.25, 0.3) is 0 Å². The Morgan fingerprint density at radius 2 is 1.04 bits per heavy atom. The van der Waals surface area contributed by atoms with Crippen molar-refractivity contribution in [2.45, 2.75) is 55.1 Å². The molecule has 0 aromatic heterocycles. The van der Waals surface area contributed by atoms with Crippen molar-refractivity contribution in [2.24, 2.45) is 5.92 Å². The van der Waals surface area contributed by atoms with Crippen molar-refractivity contribution < 1.29 is 61.9 Å². The van der Waals surface area contributed by atoms with E-state index >= 15 is 0 Å². The highest BCUT2D eigenvalue weighted by Gasteiger charge is 2.91. The van der Waals surface area contributed by atoms with Crippen molar-refractivity contribution in [3.63, 3.8) is 0 Å². The Hall–Kier alpha value is -1.24. The number of carbonyl (C=O) groups is 1. The van der Waals surface area contributed by atoms with E-state index in [2.05, 4.69) is 0 Å². The van der Waals surface area contributed by atoms with Crippen molar-refractivity contribution in [3.8, 4) is 0 Å². The lowest BCUT2D eigenvalue weighted by Gasteiger charge is -2.40. The van der Waals surface area contributed by atoms with Gasteiger partial charge in [0.1, 0.15) is 5.78 Å². The molecule has 0 N–H and O–H groups in total. The summed E-state index contributed by atoms with van der Waals surface area (Å²) in [5.74, 6) is -42.1. The minimum Gasteiger partial charge on any atom is -0.299 e. The van der Waals surface area contributed by atoms with Gasteiger partial charge in [-0.05, 0) is 12.8 Å². The Labute approximate surface area is 130 Å². The molecule has 0 bridgehead atoms. The summed E-state index contributed by atoms with van der Waals surface area (Å²) in [5, 5.41) is 0. The molecule has 1 aliphatic carbocycles. The van der Waals surface area contributed by atoms with Crippen LogP contribution >= 0.6 is 0 Å². The fourth-order valence-electron chi connectivity index (χ4n) is 2.20. The van der Waals surface area contributed by atoms with Gasteiger partial charge in [0.05, 0.1) is 5.92 Å². The first kappa shape index (κ1) is 21.8. The van der Waals surface area contributed by atoms with Crippen LogP contribution in [0, 0.1) is 5.92 Å². The Morgan fingerprint density at radius 1 is 0.640 bits per heavy atom. The quantitative estimate of drug-likeness (QED) is 0.586. The molecule has 148 valence electrons. The average molecular weight is 402 g/mol. The summed E-state index contributed by atoms with van der Waals surface area (Å²) in [6, 6.07) is 0. The Morgan fingerprint density at radius 3 is 1.36 bits per heavy atom. The fraction of sp³-hybridized carbons (Fsp3) is 0.909. The zero-order valence-electron chi connectivity index (χ0n) is 11.5. The summed E-state index contributed by atoms with van der Waals surface area (Å²) < 4.78 is 167. The van der Waals surface area contributed by atoms with Crippen LogP contribution in [0.3, 0.4) is 0 Å². The van der Waals surface area contributed by atoms with Gasteiger partial charge in [0, 0.05) is 6.42 Å². The molecule has 0 aromatic rings. The molecule has 0 aliphatic heterocycles. The number of halogens is 13. The van der Waals surface area contributed by atoms with Gasteiger partial charge in [-0.2, -0.15) is 57.1 Å². The number of hydrogen-bond donors (Lipinski definition) is 0. The molecule has 14 heteroatoms. The minimum atomic E-state index is -7.92. The smallest absolute Gasteiger partial charge is 0.299 e. The van der Waals surface area contributed by atoms with E-state index in [4.69, 9.17) is 0 Å². The summed E-state index contributed by atoms with van der Waals surface area (Å²) in [6.07, 6.45) is -9.89. The van der Waals surface area contributed by atoms with Gasteiger partial charge in [-0.25, -0.2) is 0 Å². The molecular formula is C11H7F13O. The lowest BCUT2D eigenvalue weighted by molar-refractivity contribution is -0.442. The SMILES string of the molecule is O=C1CCCC1C(F)(F)C(F)(F)C(F)(F)C(F)(F)C(F)(F)C(F)(F)F. The molecule has 0 heterocycles. The number of hydrogen-bond acceptors (Lipinski definition) is 1. The van der Waals surface area contributed by atoms with Crippen LogP contribution in [0.15, 0.2) is 0 Å². The molecule has 1 aliphatic rings. The zero-order chi connectivity index (χ0) is 20.3. The van der Waals surface area contributed by atoms with Gasteiger partial charge < -0.3 is 0 Å². The molecule has 1 saturated carbocycles. The molecule has 1 atom stereocenters. The van der Waals surface area contributed by atoms with Gasteiger partial charge >= 0.3 is 35.8 Å². The number of alkyl halides is 13. The van der Waals surface area contributed by atoms with Gasteiger partial charge in [0.15, 0.2) is 0 Å². The van der Waals surface area contributed by atoms with Gasteiger partial charge in [-0.15, -0.1) is 0 Å². The molecule has 1 fully saturated rings. The van der Waals surface area contributed by atoms with Crippen LogP contribution in [0.2, 0.25) is 0 Å². The second-order valence-corrected chi connectivity index (χ2v) is 5.33. The molecule has 1 nitrogen and oxygen atoms in total. The van der Waals surface area contributed by atoms with Crippen molar-refractivity contribution in [2.75, 3.05) is 0 Å². The standard InChI is InChI=1S/C11H7F13O/c12-6(13,4-2-1-3-5(4)25)7(14,15)8(16,17)9(18,19)10(20,21)11(22,23)24/h4H,1-3H2. The number of carbonyl (C=O) groups excluding carboxylic acids is 1. The van der Waals surface area contributed by atoms with Gasteiger partial charge in [-0.3, -0.25) is 4.79 Å². The predicted molar refractivity (Wildman–Crippen MR) is 53.1 cm³/mol. The molecule has 1 rings (SSSR count). The van der Waals surface area contributed by atoms with Crippen LogP contribution in [0.5, 0.6) is 0 Å². The molecule has 0 aromatic carbocycles. The molecule has 0 amide bonds. The Bertz CT molecular complexity index is 533. The Kier molecular flexibility index (Phi) is 4.91. The van der Waals surface area contributed by atoms with Crippen LogP contribution in [0.4, 0.5) is 57.1 Å². The number of rotatable bonds is 5. The third-order valence-electron chi connectivity index (χ3n) is 3.70. The highest BCUT2D eigenvalue weighted by Crippen LogP contribution is 2.61. The van der Waals surface area contributed by atoms with Gasteiger partial charge in [0.2, 0.25) is 0 Å². The molecule has 0 radical (unpaired) electrons. The van der Waals surface area contributed by atoms with Gasteiger partial charge in [-0.1, -0.05) is 0 Å². The van der Waals surface area contributed by atoms with Crippen molar-refractivity contribution in [3.05, 3.63) is 0 Å². The second-order valence-electron chi connectivity index (χ2n) is 5.33. The number of ketones is 1. The summed E-state index contributed by atoms with van der Waals surface area (Å²) in [5.41, 5.74) is 0. The molecule has 1 unspecified atom stereocenters. The van der Waals surface area contributed by atoms with Crippen LogP contribution in [-0.4, -0.2) is 41.6 Å². The van der Waals surface area contributed by atoms with E-state index < -0.39 is 66.8 Å². The maximum atomic E-state index is 13.6. The number of Topliss-reactive ketones (excluding diaryl/α,β-unsaturated/α-hetero) is 1. The first-order chi connectivity index (χ1) is 10.8. The lowest BCUT2D eigenvalue weighted by Crippen LogP contribution is -2.71. The van der Waals surface area contributed by atoms with Gasteiger partial charge in [0.25, 0.3) is 0 Å². The summed E-state index contributed by atoms with van der Waals surface area (Å²) in [7, 11) is 0. The monoisotopic (exact) mass is 402 g/mol. The second kappa shape index (κ2) is 5.63.